The molecule has 2 aromatic rings. The number of hydrogen-bond acceptors (Lipinski definition) is 1. The molecular formula is C11H10N2. The second kappa shape index (κ2) is 3.05. The highest BCUT2D eigenvalue weighted by molar-refractivity contribution is 5.61. The van der Waals surface area contributed by atoms with E-state index in [1.807, 2.05) is 37.3 Å². The number of rotatable bonds is 1. The molecule has 0 atom stereocenters. The van der Waals surface area contributed by atoms with E-state index in [4.69, 9.17) is 6.92 Å². The van der Waals surface area contributed by atoms with Gasteiger partial charge in [-0.25, -0.2) is 4.98 Å². The Morgan fingerprint density at radius 1 is 1.23 bits per heavy atom. The number of hydrogen-bond donors (Lipinski definition) is 1. The molecule has 2 rings (SSSR count). The van der Waals surface area contributed by atoms with Gasteiger partial charge in [-0.15, -0.1) is 0 Å². The highest BCUT2D eigenvalue weighted by atomic mass is 14.9. The van der Waals surface area contributed by atoms with E-state index in [0.717, 1.165) is 17.0 Å². The molecule has 0 unspecified atom stereocenters. The van der Waals surface area contributed by atoms with E-state index < -0.39 is 0 Å². The summed E-state index contributed by atoms with van der Waals surface area (Å²) in [5, 5.41) is 0. The van der Waals surface area contributed by atoms with Gasteiger partial charge in [-0.1, -0.05) is 30.3 Å². The molecule has 0 aliphatic rings. The monoisotopic (exact) mass is 170 g/mol. The zero-order chi connectivity index (χ0) is 9.26. The maximum absolute atomic E-state index is 5.55. The maximum atomic E-state index is 5.55. The van der Waals surface area contributed by atoms with Crippen molar-refractivity contribution in [2.75, 3.05) is 0 Å². The van der Waals surface area contributed by atoms with Crippen molar-refractivity contribution in [2.45, 2.75) is 6.92 Å². The normalized spacial score (nSPS) is 10.3. The summed E-state index contributed by atoms with van der Waals surface area (Å²) in [6.07, 6.45) is 0. The first-order valence-corrected chi connectivity index (χ1v) is 4.15. The van der Waals surface area contributed by atoms with Crippen molar-refractivity contribution in [1.29, 1.82) is 0 Å². The summed E-state index contributed by atoms with van der Waals surface area (Å²) in [6.45, 7) is 7.49. The van der Waals surface area contributed by atoms with Crippen LogP contribution in [0.25, 0.3) is 11.3 Å². The van der Waals surface area contributed by atoms with Gasteiger partial charge in [-0.2, -0.15) is 0 Å². The van der Waals surface area contributed by atoms with Gasteiger partial charge >= 0.3 is 0 Å². The molecule has 0 spiro atoms. The summed E-state index contributed by atoms with van der Waals surface area (Å²) in [6, 6.07) is 10.0. The molecule has 0 aliphatic carbocycles. The Kier molecular flexibility index (Phi) is 1.89. The molecule has 0 saturated carbocycles. The number of nitrogens with zero attached hydrogens (tertiary/aromatic N) is 1. The molecule has 1 N–H and O–H groups in total. The molecule has 64 valence electrons. The summed E-state index contributed by atoms with van der Waals surface area (Å²) in [5.41, 5.74) is 3.05. The van der Waals surface area contributed by atoms with Gasteiger partial charge in [-0.05, 0) is 12.5 Å². The first-order valence-electron chi connectivity index (χ1n) is 4.15. The lowest BCUT2D eigenvalue weighted by atomic mass is 10.1. The van der Waals surface area contributed by atoms with Gasteiger partial charge in [0.15, 0.2) is 0 Å². The third-order valence-corrected chi connectivity index (χ3v) is 1.97. The molecule has 1 aromatic carbocycles. The van der Waals surface area contributed by atoms with Crippen molar-refractivity contribution in [1.82, 2.24) is 9.97 Å². The molecule has 0 aliphatic heterocycles. The van der Waals surface area contributed by atoms with Crippen LogP contribution < -0.4 is 0 Å². The van der Waals surface area contributed by atoms with Gasteiger partial charge in [0.25, 0.3) is 0 Å². The first-order chi connectivity index (χ1) is 6.27. The number of imidazole rings is 1. The molecule has 0 fully saturated rings. The Bertz CT molecular complexity index is 401. The Labute approximate surface area is 77.6 Å². The average Bonchev–Trinajstić information content (AvgIpc) is 2.47. The standard InChI is InChI=1S/C11H10N2/c1-8-11(13-9(2)12-8)10-6-4-3-5-7-10/h2-7H,1H3,(H,12,13). The number of aromatic amines is 1. The smallest absolute Gasteiger partial charge is 0.111 e. The molecule has 2 nitrogen and oxygen atoms in total. The summed E-state index contributed by atoms with van der Waals surface area (Å²) in [7, 11) is 0. The average molecular weight is 170 g/mol. The third-order valence-electron chi connectivity index (χ3n) is 1.97. The van der Waals surface area contributed by atoms with Crippen LogP contribution in [0.1, 0.15) is 11.5 Å². The second-order valence-electron chi connectivity index (χ2n) is 2.95. The molecular weight excluding hydrogens is 160 g/mol. The molecule has 13 heavy (non-hydrogen) atoms. The minimum absolute atomic E-state index is 0.469. The SMILES string of the molecule is [CH]c1nc(C)c(-c2ccccc2)[nH]1. The molecule has 2 radical (unpaired) electrons. The lowest BCUT2D eigenvalue weighted by Crippen LogP contribution is -1.79. The van der Waals surface area contributed by atoms with E-state index in [1.54, 1.807) is 0 Å². The van der Waals surface area contributed by atoms with E-state index in [1.165, 1.54) is 0 Å². The Hall–Kier alpha value is -1.57. The molecule has 0 bridgehead atoms. The van der Waals surface area contributed by atoms with Crippen molar-refractivity contribution >= 4 is 0 Å². The summed E-state index contributed by atoms with van der Waals surface area (Å²) < 4.78 is 0. The van der Waals surface area contributed by atoms with E-state index >= 15 is 0 Å². The summed E-state index contributed by atoms with van der Waals surface area (Å²) in [5.74, 6) is 0.469. The number of H-pyrrole nitrogens is 1. The van der Waals surface area contributed by atoms with Gasteiger partial charge in [0.2, 0.25) is 0 Å². The number of aromatic nitrogens is 2. The number of nitrogens with one attached hydrogen (secondary N) is 1. The largest absolute Gasteiger partial charge is 0.342 e. The van der Waals surface area contributed by atoms with Crippen molar-refractivity contribution in [3.05, 3.63) is 48.8 Å². The fourth-order valence-electron chi connectivity index (χ4n) is 1.37. The Morgan fingerprint density at radius 2 is 1.92 bits per heavy atom. The molecule has 2 heteroatoms. The Morgan fingerprint density at radius 3 is 2.46 bits per heavy atom. The highest BCUT2D eigenvalue weighted by Gasteiger charge is 2.04. The van der Waals surface area contributed by atoms with Crippen LogP contribution in [0.2, 0.25) is 0 Å². The van der Waals surface area contributed by atoms with Crippen LogP contribution in [-0.4, -0.2) is 9.97 Å². The van der Waals surface area contributed by atoms with Crippen LogP contribution in [0.3, 0.4) is 0 Å². The summed E-state index contributed by atoms with van der Waals surface area (Å²) >= 11 is 0. The van der Waals surface area contributed by atoms with Crippen LogP contribution in [0.15, 0.2) is 30.3 Å². The zero-order valence-electron chi connectivity index (χ0n) is 7.41. The van der Waals surface area contributed by atoms with E-state index in [0.29, 0.717) is 5.82 Å². The van der Waals surface area contributed by atoms with Crippen LogP contribution in [0.5, 0.6) is 0 Å². The van der Waals surface area contributed by atoms with Gasteiger partial charge in [0.05, 0.1) is 11.4 Å². The van der Waals surface area contributed by atoms with Crippen LogP contribution in [0.4, 0.5) is 0 Å². The predicted molar refractivity (Wildman–Crippen MR) is 52.2 cm³/mol. The zero-order valence-corrected chi connectivity index (χ0v) is 7.41. The first kappa shape index (κ1) is 8.05. The quantitative estimate of drug-likeness (QED) is 0.699. The van der Waals surface area contributed by atoms with Gasteiger partial charge in [-0.3, -0.25) is 0 Å². The fraction of sp³-hybridized carbons (Fsp3) is 0.0909. The van der Waals surface area contributed by atoms with Crippen LogP contribution in [-0.2, 0) is 0 Å². The minimum Gasteiger partial charge on any atom is -0.342 e. The Balaban J connectivity index is 2.53. The van der Waals surface area contributed by atoms with Crippen LogP contribution in [0, 0.1) is 13.8 Å². The lowest BCUT2D eigenvalue weighted by Gasteiger charge is -1.97. The molecule has 1 heterocycles. The molecule has 0 amide bonds. The molecule has 1 aromatic heterocycles. The van der Waals surface area contributed by atoms with Gasteiger partial charge in [0.1, 0.15) is 5.82 Å². The van der Waals surface area contributed by atoms with Gasteiger partial charge < -0.3 is 4.98 Å². The highest BCUT2D eigenvalue weighted by Crippen LogP contribution is 2.19. The van der Waals surface area contributed by atoms with E-state index in [-0.39, 0.29) is 0 Å². The van der Waals surface area contributed by atoms with Gasteiger partial charge in [0, 0.05) is 6.92 Å². The maximum Gasteiger partial charge on any atom is 0.111 e. The lowest BCUT2D eigenvalue weighted by molar-refractivity contribution is 1.19. The molecule has 0 saturated heterocycles. The summed E-state index contributed by atoms with van der Waals surface area (Å²) in [4.78, 5) is 7.14. The van der Waals surface area contributed by atoms with Crippen molar-refractivity contribution < 1.29 is 0 Å². The number of aryl methyl sites for hydroxylation is 1. The van der Waals surface area contributed by atoms with Crippen molar-refractivity contribution in [3.8, 4) is 11.3 Å². The minimum atomic E-state index is 0.469. The van der Waals surface area contributed by atoms with Crippen LogP contribution >= 0.6 is 0 Å². The topological polar surface area (TPSA) is 28.7 Å². The second-order valence-corrected chi connectivity index (χ2v) is 2.95. The van der Waals surface area contributed by atoms with E-state index in [9.17, 15) is 0 Å². The van der Waals surface area contributed by atoms with E-state index in [2.05, 4.69) is 9.97 Å². The fourth-order valence-corrected chi connectivity index (χ4v) is 1.37. The number of benzene rings is 1. The third kappa shape index (κ3) is 1.47. The van der Waals surface area contributed by atoms with Crippen molar-refractivity contribution in [3.63, 3.8) is 0 Å². The predicted octanol–water partition coefficient (Wildman–Crippen LogP) is 2.44. The van der Waals surface area contributed by atoms with Crippen molar-refractivity contribution in [2.24, 2.45) is 0 Å².